The van der Waals surface area contributed by atoms with E-state index in [4.69, 9.17) is 4.74 Å². The summed E-state index contributed by atoms with van der Waals surface area (Å²) in [4.78, 5) is 10.4. The van der Waals surface area contributed by atoms with Crippen LogP contribution >= 0.6 is 0 Å². The number of phenolic OH excluding ortho intramolecular Hbond substituents is 1. The number of quaternary nitrogens is 1. The fraction of sp³-hybridized carbons (Fsp3) is 0.300. The molecule has 1 aromatic rings. The lowest BCUT2D eigenvalue weighted by molar-refractivity contribution is -0.430. The van der Waals surface area contributed by atoms with Crippen molar-refractivity contribution in [3.8, 4) is 11.5 Å². The van der Waals surface area contributed by atoms with Gasteiger partial charge < -0.3 is 25.5 Å². The number of ether oxygens (including phenoxy) is 1. The molecular weight excluding hydrogens is 198 g/mol. The summed E-state index contributed by atoms with van der Waals surface area (Å²) >= 11 is 0. The van der Waals surface area contributed by atoms with E-state index in [9.17, 15) is 15.0 Å². The Balaban J connectivity index is 2.87. The van der Waals surface area contributed by atoms with E-state index in [1.54, 1.807) is 12.1 Å². The first-order chi connectivity index (χ1) is 7.04. The molecule has 5 nitrogen and oxygen atoms in total. The highest BCUT2D eigenvalue weighted by atomic mass is 16.5. The van der Waals surface area contributed by atoms with Crippen LogP contribution < -0.4 is 15.6 Å². The van der Waals surface area contributed by atoms with Gasteiger partial charge in [0.1, 0.15) is 6.04 Å². The number of phenols is 1. The highest BCUT2D eigenvalue weighted by Crippen LogP contribution is 2.28. The SMILES string of the molecule is COc1ccc([C@H]([NH3+])CC(=O)[O-])cc1O. The van der Waals surface area contributed by atoms with Crippen LogP contribution in [0.3, 0.4) is 0 Å². The van der Waals surface area contributed by atoms with Gasteiger partial charge in [0.05, 0.1) is 7.11 Å². The first-order valence-electron chi connectivity index (χ1n) is 4.44. The first-order valence-corrected chi connectivity index (χ1v) is 4.44. The van der Waals surface area contributed by atoms with Gasteiger partial charge in [-0.15, -0.1) is 0 Å². The quantitative estimate of drug-likeness (QED) is 0.655. The maximum Gasteiger partial charge on any atom is 0.160 e. The van der Waals surface area contributed by atoms with Crippen LogP contribution in [0.1, 0.15) is 18.0 Å². The van der Waals surface area contributed by atoms with Crippen molar-refractivity contribution in [1.29, 1.82) is 0 Å². The second-order valence-corrected chi connectivity index (χ2v) is 3.20. The Kier molecular flexibility index (Phi) is 3.51. The standard InChI is InChI=1S/C10H13NO4/c1-15-9-3-2-6(4-8(9)12)7(11)5-10(13)14/h2-4,7,12H,5,11H2,1H3,(H,13,14)/t7-/m1/s1. The summed E-state index contributed by atoms with van der Waals surface area (Å²) in [6, 6.07) is 4.24. The zero-order chi connectivity index (χ0) is 11.4. The summed E-state index contributed by atoms with van der Waals surface area (Å²) in [5.74, 6) is -0.841. The van der Waals surface area contributed by atoms with E-state index in [1.807, 2.05) is 0 Å². The predicted octanol–water partition coefficient (Wildman–Crippen LogP) is -1.18. The summed E-state index contributed by atoms with van der Waals surface area (Å²) in [5.41, 5.74) is 4.31. The molecule has 5 heteroatoms. The van der Waals surface area contributed by atoms with Gasteiger partial charge in [0.2, 0.25) is 0 Å². The number of hydrogen-bond acceptors (Lipinski definition) is 4. The fourth-order valence-electron chi connectivity index (χ4n) is 1.28. The zero-order valence-corrected chi connectivity index (χ0v) is 8.40. The van der Waals surface area contributed by atoms with E-state index in [1.165, 1.54) is 13.2 Å². The first kappa shape index (κ1) is 11.3. The van der Waals surface area contributed by atoms with Crippen molar-refractivity contribution in [1.82, 2.24) is 0 Å². The van der Waals surface area contributed by atoms with Crippen LogP contribution in [-0.2, 0) is 4.79 Å². The molecule has 0 amide bonds. The number of methoxy groups -OCH3 is 1. The van der Waals surface area contributed by atoms with E-state index in [2.05, 4.69) is 5.73 Å². The summed E-state index contributed by atoms with van der Waals surface area (Å²) in [6.07, 6.45) is -0.175. The number of carbonyl (C=O) groups excluding carboxylic acids is 1. The highest BCUT2D eigenvalue weighted by Gasteiger charge is 2.12. The fourth-order valence-corrected chi connectivity index (χ4v) is 1.28. The number of aromatic hydroxyl groups is 1. The van der Waals surface area contributed by atoms with Gasteiger partial charge in [-0.2, -0.15) is 0 Å². The van der Waals surface area contributed by atoms with Gasteiger partial charge in [0.15, 0.2) is 11.5 Å². The van der Waals surface area contributed by atoms with E-state index in [0.717, 1.165) is 0 Å². The van der Waals surface area contributed by atoms with Crippen molar-refractivity contribution in [2.45, 2.75) is 12.5 Å². The Morgan fingerprint density at radius 1 is 1.67 bits per heavy atom. The number of rotatable bonds is 4. The van der Waals surface area contributed by atoms with E-state index < -0.39 is 12.0 Å². The lowest BCUT2D eigenvalue weighted by Gasteiger charge is -2.11. The Labute approximate surface area is 87.1 Å². The number of carboxylic acid groups (broad SMARTS) is 1. The molecule has 0 spiro atoms. The molecule has 0 saturated carbocycles. The molecule has 0 aromatic heterocycles. The van der Waals surface area contributed by atoms with Crippen LogP contribution in [0.25, 0.3) is 0 Å². The lowest BCUT2D eigenvalue weighted by atomic mass is 10.0. The summed E-state index contributed by atoms with van der Waals surface area (Å²) in [7, 11) is 1.44. The smallest absolute Gasteiger partial charge is 0.160 e. The molecule has 0 aliphatic rings. The average molecular weight is 211 g/mol. The van der Waals surface area contributed by atoms with Gasteiger partial charge in [-0.3, -0.25) is 0 Å². The van der Waals surface area contributed by atoms with Crippen LogP contribution in [0.15, 0.2) is 18.2 Å². The largest absolute Gasteiger partial charge is 0.550 e. The molecule has 1 atom stereocenters. The van der Waals surface area contributed by atoms with Gasteiger partial charge in [0.25, 0.3) is 0 Å². The summed E-state index contributed by atoms with van der Waals surface area (Å²) in [5, 5.41) is 19.8. The van der Waals surface area contributed by atoms with Crippen molar-refractivity contribution in [2.75, 3.05) is 7.11 Å². The normalized spacial score (nSPS) is 12.1. The molecule has 0 fully saturated rings. The minimum absolute atomic E-state index is 0.0259. The molecule has 15 heavy (non-hydrogen) atoms. The molecule has 4 N–H and O–H groups in total. The summed E-state index contributed by atoms with van der Waals surface area (Å²) < 4.78 is 4.86. The van der Waals surface area contributed by atoms with Crippen LogP contribution in [0.2, 0.25) is 0 Å². The molecule has 1 aromatic carbocycles. The number of hydrogen-bond donors (Lipinski definition) is 2. The molecule has 0 aliphatic heterocycles. The van der Waals surface area contributed by atoms with E-state index >= 15 is 0 Å². The van der Waals surface area contributed by atoms with Crippen LogP contribution in [0.5, 0.6) is 11.5 Å². The molecule has 0 radical (unpaired) electrons. The number of aliphatic carboxylic acids is 1. The maximum absolute atomic E-state index is 10.4. The van der Waals surface area contributed by atoms with Crippen LogP contribution in [0, 0.1) is 0 Å². The Morgan fingerprint density at radius 2 is 2.33 bits per heavy atom. The monoisotopic (exact) mass is 211 g/mol. The van der Waals surface area contributed by atoms with Crippen molar-refractivity contribution in [3.05, 3.63) is 23.8 Å². The van der Waals surface area contributed by atoms with Crippen LogP contribution in [0.4, 0.5) is 0 Å². The minimum atomic E-state index is -1.16. The Hall–Kier alpha value is -1.75. The average Bonchev–Trinajstić information content (AvgIpc) is 2.16. The van der Waals surface area contributed by atoms with Crippen molar-refractivity contribution in [2.24, 2.45) is 0 Å². The molecule has 0 heterocycles. The lowest BCUT2D eigenvalue weighted by Crippen LogP contribution is -2.55. The molecule has 0 aliphatic carbocycles. The molecule has 0 saturated heterocycles. The second-order valence-electron chi connectivity index (χ2n) is 3.20. The highest BCUT2D eigenvalue weighted by molar-refractivity contribution is 5.65. The number of carbonyl (C=O) groups is 1. The predicted molar refractivity (Wildman–Crippen MR) is 49.9 cm³/mol. The zero-order valence-electron chi connectivity index (χ0n) is 8.40. The van der Waals surface area contributed by atoms with E-state index in [-0.39, 0.29) is 12.2 Å². The molecular formula is C10H13NO4. The molecule has 0 unspecified atom stereocenters. The van der Waals surface area contributed by atoms with Gasteiger partial charge >= 0.3 is 0 Å². The Bertz CT molecular complexity index is 364. The van der Waals surface area contributed by atoms with Crippen LogP contribution in [-0.4, -0.2) is 18.2 Å². The van der Waals surface area contributed by atoms with Gasteiger partial charge in [-0.1, -0.05) is 0 Å². The third kappa shape index (κ3) is 2.85. The second kappa shape index (κ2) is 4.65. The van der Waals surface area contributed by atoms with Crippen molar-refractivity contribution in [3.63, 3.8) is 0 Å². The van der Waals surface area contributed by atoms with E-state index in [0.29, 0.717) is 11.3 Å². The van der Waals surface area contributed by atoms with Crippen molar-refractivity contribution >= 4 is 5.97 Å². The molecule has 1 rings (SSSR count). The number of benzene rings is 1. The third-order valence-corrected chi connectivity index (χ3v) is 2.09. The van der Waals surface area contributed by atoms with Crippen molar-refractivity contribution < 1.29 is 25.5 Å². The van der Waals surface area contributed by atoms with Gasteiger partial charge in [-0.25, -0.2) is 0 Å². The molecule has 82 valence electrons. The maximum atomic E-state index is 10.4. The summed E-state index contributed by atoms with van der Waals surface area (Å²) in [6.45, 7) is 0. The third-order valence-electron chi connectivity index (χ3n) is 2.09. The van der Waals surface area contributed by atoms with Gasteiger partial charge in [0, 0.05) is 18.0 Å². The minimum Gasteiger partial charge on any atom is -0.550 e. The Morgan fingerprint density at radius 3 is 2.80 bits per heavy atom. The molecule has 0 bridgehead atoms. The van der Waals surface area contributed by atoms with Gasteiger partial charge in [-0.05, 0) is 18.2 Å². The number of carboxylic acids is 1. The topological polar surface area (TPSA) is 97.2 Å².